The van der Waals surface area contributed by atoms with Crippen molar-refractivity contribution in [3.63, 3.8) is 0 Å². The molecule has 0 amide bonds. The van der Waals surface area contributed by atoms with Crippen molar-refractivity contribution < 1.29 is 23.9 Å². The van der Waals surface area contributed by atoms with E-state index in [2.05, 4.69) is 12.1 Å². The lowest BCUT2D eigenvalue weighted by molar-refractivity contribution is -0.788. The molecule has 2 aromatic heterocycles. The lowest BCUT2D eigenvalue weighted by atomic mass is 10.1. The van der Waals surface area contributed by atoms with Gasteiger partial charge in [-0.2, -0.15) is 9.13 Å². The highest BCUT2D eigenvalue weighted by Gasteiger charge is 2.12. The van der Waals surface area contributed by atoms with Crippen LogP contribution in [-0.2, 0) is 18.2 Å². The van der Waals surface area contributed by atoms with Crippen LogP contribution in [0.5, 0.6) is 0 Å². The second-order valence-electron chi connectivity index (χ2n) is 5.79. The third-order valence-corrected chi connectivity index (χ3v) is 3.82. The monoisotopic (exact) mass is 343 g/mol. The van der Waals surface area contributed by atoms with Crippen LogP contribution < -0.4 is 9.13 Å². The van der Waals surface area contributed by atoms with Gasteiger partial charge in [0.1, 0.15) is 6.21 Å². The lowest BCUT2D eigenvalue weighted by Gasteiger charge is -2.02. The Labute approximate surface area is 148 Å². The van der Waals surface area contributed by atoms with Gasteiger partial charge >= 0.3 is 0 Å². The summed E-state index contributed by atoms with van der Waals surface area (Å²) in [6.45, 7) is 2.76. The van der Waals surface area contributed by atoms with Crippen LogP contribution in [0.25, 0.3) is 0 Å². The Bertz CT molecular complexity index is 717. The average molecular weight is 343 g/mol. The molecule has 0 aromatic carbocycles. The number of carbonyl (C=O) groups excluding carboxylic acids is 1. The Morgan fingerprint density at radius 2 is 2.08 bits per heavy atom. The molecule has 0 aliphatic heterocycles. The van der Waals surface area contributed by atoms with Gasteiger partial charge in [0.15, 0.2) is 24.4 Å². The molecule has 132 valence electrons. The van der Waals surface area contributed by atoms with E-state index in [1.165, 1.54) is 6.21 Å². The fourth-order valence-corrected chi connectivity index (χ4v) is 2.48. The van der Waals surface area contributed by atoms with E-state index in [1.54, 1.807) is 0 Å². The largest absolute Gasteiger partial charge is 0.411 e. The summed E-state index contributed by atoms with van der Waals surface area (Å²) in [4.78, 5) is 12.2. The zero-order chi connectivity index (χ0) is 17.9. The van der Waals surface area contributed by atoms with Gasteiger partial charge in [-0.05, 0) is 18.6 Å². The number of oxime groups is 1. The molecule has 0 radical (unpaired) electrons. The second-order valence-corrected chi connectivity index (χ2v) is 5.79. The molecule has 2 aromatic rings. The van der Waals surface area contributed by atoms with E-state index < -0.39 is 0 Å². The predicted octanol–water partition coefficient (Wildman–Crippen LogP) is 2.46. The van der Waals surface area contributed by atoms with E-state index in [9.17, 15) is 4.79 Å². The summed E-state index contributed by atoms with van der Waals surface area (Å²) in [5, 5.41) is 11.7. The molecule has 1 N–H and O–H groups in total. The number of unbranched alkanes of at least 4 members (excludes halogenated alkanes) is 2. The van der Waals surface area contributed by atoms with Crippen molar-refractivity contribution in [3.8, 4) is 0 Å². The van der Waals surface area contributed by atoms with Crippen molar-refractivity contribution in [1.82, 2.24) is 0 Å². The summed E-state index contributed by atoms with van der Waals surface area (Å²) in [6, 6.07) is 9.25. The normalized spacial score (nSPS) is 11.1. The van der Waals surface area contributed by atoms with Crippen molar-refractivity contribution in [3.05, 3.63) is 60.2 Å². The van der Waals surface area contributed by atoms with Crippen molar-refractivity contribution in [2.24, 2.45) is 5.16 Å². The fraction of sp³-hybridized carbons (Fsp3) is 0.368. The van der Waals surface area contributed by atoms with Crippen molar-refractivity contribution >= 4 is 12.0 Å². The highest BCUT2D eigenvalue weighted by molar-refractivity contribution is 5.95. The molecule has 2 heterocycles. The van der Waals surface area contributed by atoms with Crippen LogP contribution >= 0.6 is 0 Å². The molecule has 0 unspecified atom stereocenters. The Hall–Kier alpha value is -2.60. The Morgan fingerprint density at radius 3 is 2.88 bits per heavy atom. The molecular weight excluding hydrogens is 318 g/mol. The van der Waals surface area contributed by atoms with Gasteiger partial charge in [-0.1, -0.05) is 24.9 Å². The zero-order valence-corrected chi connectivity index (χ0v) is 14.5. The van der Waals surface area contributed by atoms with E-state index >= 15 is 0 Å². The number of rotatable bonds is 10. The maximum Gasteiger partial charge on any atom is 0.258 e. The molecular formula is C19H25N3O3+2. The summed E-state index contributed by atoms with van der Waals surface area (Å²) in [7, 11) is 0. The predicted molar refractivity (Wildman–Crippen MR) is 92.2 cm³/mol. The third kappa shape index (κ3) is 6.08. The van der Waals surface area contributed by atoms with Crippen LogP contribution in [0.4, 0.5) is 0 Å². The number of pyridine rings is 2. The smallest absolute Gasteiger partial charge is 0.258 e. The molecule has 2 rings (SSSR count). The minimum atomic E-state index is 0.168. The quantitative estimate of drug-likeness (QED) is 0.180. The average Bonchev–Trinajstić information content (AvgIpc) is 2.64. The summed E-state index contributed by atoms with van der Waals surface area (Å²) in [5.41, 5.74) is 1.44. The van der Waals surface area contributed by atoms with Crippen LogP contribution in [0.2, 0.25) is 0 Å². The van der Waals surface area contributed by atoms with Gasteiger partial charge < -0.3 is 5.21 Å². The molecule has 0 spiro atoms. The van der Waals surface area contributed by atoms with Crippen molar-refractivity contribution in [2.75, 3.05) is 0 Å². The molecule has 0 fully saturated rings. The number of ether oxygens (including phenoxy) is 1. The minimum Gasteiger partial charge on any atom is -0.411 e. The molecule has 0 bridgehead atoms. The first-order valence-corrected chi connectivity index (χ1v) is 8.50. The van der Waals surface area contributed by atoms with Gasteiger partial charge in [0.05, 0.1) is 5.56 Å². The Balaban J connectivity index is 1.91. The van der Waals surface area contributed by atoms with Gasteiger partial charge in [-0.3, -0.25) is 9.53 Å². The molecule has 0 aliphatic carbocycles. The van der Waals surface area contributed by atoms with Crippen LogP contribution in [0.3, 0.4) is 0 Å². The van der Waals surface area contributed by atoms with E-state index in [-0.39, 0.29) is 5.78 Å². The van der Waals surface area contributed by atoms with Gasteiger partial charge in [0.2, 0.25) is 5.69 Å². The van der Waals surface area contributed by atoms with Crippen LogP contribution in [0.15, 0.2) is 54.1 Å². The number of hydrogen-bond donors (Lipinski definition) is 1. The van der Waals surface area contributed by atoms with Crippen LogP contribution in [0.1, 0.15) is 48.7 Å². The Kier molecular flexibility index (Phi) is 7.72. The standard InChI is InChI=1S/C19H24N3O3/c1-2-3-4-10-19(23)17-8-7-11-21(14-17)15-25-16-22-12-6-5-9-18(22)13-20-24/h5-9,11-14H,2-4,10,15-16H2,1H3/q+1/p+1. The second kappa shape index (κ2) is 10.3. The first-order chi connectivity index (χ1) is 12.2. The maximum atomic E-state index is 12.2. The molecule has 0 saturated heterocycles. The Morgan fingerprint density at radius 1 is 1.20 bits per heavy atom. The highest BCUT2D eigenvalue weighted by Crippen LogP contribution is 2.06. The van der Waals surface area contributed by atoms with E-state index in [0.717, 1.165) is 25.0 Å². The number of carbonyl (C=O) groups is 1. The molecule has 0 aliphatic rings. The van der Waals surface area contributed by atoms with Crippen LogP contribution in [0, 0.1) is 0 Å². The van der Waals surface area contributed by atoms with Gasteiger partial charge in [0.25, 0.3) is 13.5 Å². The maximum absolute atomic E-state index is 12.2. The van der Waals surface area contributed by atoms with Gasteiger partial charge in [-0.25, -0.2) is 0 Å². The topological polar surface area (TPSA) is 66.7 Å². The summed E-state index contributed by atoms with van der Waals surface area (Å²) < 4.78 is 9.36. The molecule has 6 nitrogen and oxygen atoms in total. The fourth-order valence-electron chi connectivity index (χ4n) is 2.48. The number of Topliss-reactive ketones (excluding diaryl/α,β-unsaturated/α-hetero) is 1. The summed E-state index contributed by atoms with van der Waals surface area (Å²) in [6.07, 6.45) is 10.6. The third-order valence-electron chi connectivity index (χ3n) is 3.82. The van der Waals surface area contributed by atoms with E-state index in [0.29, 0.717) is 25.4 Å². The van der Waals surface area contributed by atoms with Gasteiger partial charge in [0, 0.05) is 24.6 Å². The number of aromatic nitrogens is 2. The zero-order valence-electron chi connectivity index (χ0n) is 14.5. The molecule has 6 heteroatoms. The van der Waals surface area contributed by atoms with E-state index in [1.807, 2.05) is 58.1 Å². The number of ketones is 1. The summed E-state index contributed by atoms with van der Waals surface area (Å²) in [5.74, 6) is 0.168. The van der Waals surface area contributed by atoms with Crippen molar-refractivity contribution in [1.29, 1.82) is 0 Å². The molecule has 0 saturated carbocycles. The lowest BCUT2D eigenvalue weighted by Crippen LogP contribution is -2.43. The van der Waals surface area contributed by atoms with Crippen LogP contribution in [-0.4, -0.2) is 17.2 Å². The van der Waals surface area contributed by atoms with Gasteiger partial charge in [-0.15, -0.1) is 0 Å². The first kappa shape index (κ1) is 18.7. The van der Waals surface area contributed by atoms with Crippen molar-refractivity contribution in [2.45, 2.75) is 46.1 Å². The SMILES string of the molecule is CCCCCC(=O)c1ccc[n+](COC[n+]2ccccc2/C=N/O)c1. The highest BCUT2D eigenvalue weighted by atomic mass is 16.5. The molecule has 0 atom stereocenters. The summed E-state index contributed by atoms with van der Waals surface area (Å²) >= 11 is 0. The number of hydrogen-bond acceptors (Lipinski definition) is 4. The molecule has 25 heavy (non-hydrogen) atoms. The first-order valence-electron chi connectivity index (χ1n) is 8.50. The number of nitrogens with zero attached hydrogens (tertiary/aromatic N) is 3. The minimum absolute atomic E-state index is 0.168. The van der Waals surface area contributed by atoms with E-state index in [4.69, 9.17) is 9.94 Å².